The van der Waals surface area contributed by atoms with Crippen LogP contribution in [-0.4, -0.2) is 11.1 Å². The van der Waals surface area contributed by atoms with Crippen molar-refractivity contribution in [1.29, 1.82) is 0 Å². The summed E-state index contributed by atoms with van der Waals surface area (Å²) in [6.45, 7) is 2.23. The molecule has 0 aromatic heterocycles. The van der Waals surface area contributed by atoms with Crippen molar-refractivity contribution >= 4 is 5.97 Å². The molecule has 0 atom stereocenters. The third-order valence-electron chi connectivity index (χ3n) is 3.18. The van der Waals surface area contributed by atoms with Crippen molar-refractivity contribution in [2.24, 2.45) is 0 Å². The van der Waals surface area contributed by atoms with Crippen molar-refractivity contribution in [1.82, 2.24) is 0 Å². The van der Waals surface area contributed by atoms with Gasteiger partial charge in [-0.2, -0.15) is 0 Å². The molecule has 0 rings (SSSR count). The Hall–Kier alpha value is -1.67. The first kappa shape index (κ1) is 20.3. The molecule has 0 heterocycles. The lowest BCUT2D eigenvalue weighted by Crippen LogP contribution is -1.92. The van der Waals surface area contributed by atoms with Gasteiger partial charge in [-0.25, -0.2) is 0 Å². The van der Waals surface area contributed by atoms with Gasteiger partial charge in [-0.1, -0.05) is 43.8 Å². The lowest BCUT2D eigenvalue weighted by Gasteiger charge is -1.93. The summed E-state index contributed by atoms with van der Waals surface area (Å²) in [5.41, 5.74) is 0. The largest absolute Gasteiger partial charge is 0.481 e. The van der Waals surface area contributed by atoms with E-state index in [0.29, 0.717) is 19.3 Å². The molecule has 0 fully saturated rings. The van der Waals surface area contributed by atoms with E-state index in [4.69, 9.17) is 5.11 Å². The highest BCUT2D eigenvalue weighted by molar-refractivity contribution is 5.66. The number of carbonyl (C=O) groups is 1. The van der Waals surface area contributed by atoms with Gasteiger partial charge in [0.05, 0.1) is 6.42 Å². The lowest BCUT2D eigenvalue weighted by molar-refractivity contribution is -0.137. The van der Waals surface area contributed by atoms with E-state index in [1.165, 1.54) is 32.1 Å². The van der Waals surface area contributed by atoms with Gasteiger partial charge in [0.15, 0.2) is 0 Å². The maximum atomic E-state index is 10.3. The third kappa shape index (κ3) is 18.3. The number of hydrogen-bond donors (Lipinski definition) is 1. The predicted octanol–water partition coefficient (Wildman–Crippen LogP) is 5.34. The number of aliphatic carboxylic acids is 1. The van der Waals surface area contributed by atoms with E-state index in [1.54, 1.807) is 0 Å². The SMILES string of the molecule is CCCCC/C=C\CCCCC#CCC#CCCCC(=O)O. The number of carboxylic acids is 1. The van der Waals surface area contributed by atoms with Crippen LogP contribution in [0.3, 0.4) is 0 Å². The summed E-state index contributed by atoms with van der Waals surface area (Å²) in [6, 6.07) is 0. The first-order valence-electron chi connectivity index (χ1n) is 8.55. The fourth-order valence-corrected chi connectivity index (χ4v) is 1.90. The van der Waals surface area contributed by atoms with Crippen LogP contribution in [0.25, 0.3) is 0 Å². The lowest BCUT2D eigenvalue weighted by atomic mass is 10.1. The molecule has 0 aromatic rings. The average molecular weight is 302 g/mol. The van der Waals surface area contributed by atoms with Crippen molar-refractivity contribution in [2.75, 3.05) is 0 Å². The summed E-state index contributed by atoms with van der Waals surface area (Å²) in [7, 11) is 0. The fraction of sp³-hybridized carbons (Fsp3) is 0.650. The van der Waals surface area contributed by atoms with Crippen LogP contribution < -0.4 is 0 Å². The highest BCUT2D eigenvalue weighted by Gasteiger charge is 1.92. The molecule has 0 spiro atoms. The first-order valence-corrected chi connectivity index (χ1v) is 8.55. The molecule has 1 N–H and O–H groups in total. The second-order valence-corrected chi connectivity index (χ2v) is 5.34. The molecule has 0 aromatic carbocycles. The third-order valence-corrected chi connectivity index (χ3v) is 3.18. The van der Waals surface area contributed by atoms with E-state index < -0.39 is 5.97 Å². The number of unbranched alkanes of at least 4 members (excludes halogenated alkanes) is 7. The molecule has 0 unspecified atom stereocenters. The number of carboxylic acid groups (broad SMARTS) is 1. The molecule has 0 saturated carbocycles. The van der Waals surface area contributed by atoms with Crippen molar-refractivity contribution in [2.45, 2.75) is 84.0 Å². The quantitative estimate of drug-likeness (QED) is 0.318. The second-order valence-electron chi connectivity index (χ2n) is 5.34. The van der Waals surface area contributed by atoms with Crippen LogP contribution in [0.2, 0.25) is 0 Å². The topological polar surface area (TPSA) is 37.3 Å². The number of hydrogen-bond acceptors (Lipinski definition) is 1. The molecule has 0 radical (unpaired) electrons. The van der Waals surface area contributed by atoms with Crippen LogP contribution in [0.1, 0.15) is 84.0 Å². The highest BCUT2D eigenvalue weighted by atomic mass is 16.4. The van der Waals surface area contributed by atoms with Gasteiger partial charge >= 0.3 is 5.97 Å². The Labute approximate surface area is 136 Å². The van der Waals surface area contributed by atoms with Crippen molar-refractivity contribution in [3.63, 3.8) is 0 Å². The summed E-state index contributed by atoms with van der Waals surface area (Å²) in [5, 5.41) is 8.46. The Morgan fingerprint density at radius 1 is 0.864 bits per heavy atom. The monoisotopic (exact) mass is 302 g/mol. The zero-order valence-electron chi connectivity index (χ0n) is 14.0. The molecule has 0 saturated heterocycles. The minimum Gasteiger partial charge on any atom is -0.481 e. The Morgan fingerprint density at radius 2 is 1.45 bits per heavy atom. The van der Waals surface area contributed by atoms with Crippen molar-refractivity contribution in [3.05, 3.63) is 12.2 Å². The zero-order valence-corrected chi connectivity index (χ0v) is 14.0. The second kappa shape index (κ2) is 17.4. The molecule has 0 amide bonds. The number of rotatable bonds is 11. The van der Waals surface area contributed by atoms with E-state index >= 15 is 0 Å². The first-order chi connectivity index (χ1) is 10.8. The minimum absolute atomic E-state index is 0.202. The molecule has 0 aliphatic rings. The Kier molecular flexibility index (Phi) is 16.1. The Bertz CT molecular complexity index is 412. The zero-order chi connectivity index (χ0) is 16.3. The van der Waals surface area contributed by atoms with Gasteiger partial charge in [0.2, 0.25) is 0 Å². The van der Waals surface area contributed by atoms with Gasteiger partial charge in [-0.05, 0) is 38.5 Å². The Morgan fingerprint density at radius 3 is 2.05 bits per heavy atom. The van der Waals surface area contributed by atoms with Crippen LogP contribution in [0.15, 0.2) is 12.2 Å². The molecular formula is C20H30O2. The van der Waals surface area contributed by atoms with E-state index in [9.17, 15) is 4.79 Å². The smallest absolute Gasteiger partial charge is 0.303 e. The van der Waals surface area contributed by atoms with Gasteiger partial charge in [0, 0.05) is 19.3 Å². The van der Waals surface area contributed by atoms with Crippen molar-refractivity contribution < 1.29 is 9.90 Å². The molecular weight excluding hydrogens is 272 g/mol. The van der Waals surface area contributed by atoms with Crippen LogP contribution in [0.5, 0.6) is 0 Å². The van der Waals surface area contributed by atoms with Gasteiger partial charge in [-0.15, -0.1) is 11.8 Å². The van der Waals surface area contributed by atoms with E-state index in [0.717, 1.165) is 19.3 Å². The van der Waals surface area contributed by atoms with Crippen LogP contribution in [-0.2, 0) is 4.79 Å². The molecule has 2 heteroatoms. The molecule has 0 bridgehead atoms. The van der Waals surface area contributed by atoms with E-state index in [1.807, 2.05) is 0 Å². The van der Waals surface area contributed by atoms with Crippen LogP contribution in [0.4, 0.5) is 0 Å². The van der Waals surface area contributed by atoms with E-state index in [-0.39, 0.29) is 6.42 Å². The van der Waals surface area contributed by atoms with Gasteiger partial charge in [0.25, 0.3) is 0 Å². The standard InChI is InChI=1S/C20H30O2/c1-2-3-4-5-6-7-8-9-10-11-12-13-14-15-16-17-18-19-20(21)22/h6-7H,2-5,8-11,14,17-19H2,1H3,(H,21,22)/b7-6-. The summed E-state index contributed by atoms with van der Waals surface area (Å²) >= 11 is 0. The summed E-state index contributed by atoms with van der Waals surface area (Å²) in [4.78, 5) is 10.3. The predicted molar refractivity (Wildman–Crippen MR) is 93.4 cm³/mol. The highest BCUT2D eigenvalue weighted by Crippen LogP contribution is 2.03. The van der Waals surface area contributed by atoms with Gasteiger partial charge in [0.1, 0.15) is 0 Å². The van der Waals surface area contributed by atoms with E-state index in [2.05, 4.69) is 42.8 Å². The van der Waals surface area contributed by atoms with Crippen LogP contribution in [0, 0.1) is 23.7 Å². The maximum absolute atomic E-state index is 10.3. The molecule has 0 aliphatic heterocycles. The molecule has 122 valence electrons. The summed E-state index contributed by atoms with van der Waals surface area (Å²) in [5.74, 6) is 11.4. The van der Waals surface area contributed by atoms with Gasteiger partial charge < -0.3 is 5.11 Å². The van der Waals surface area contributed by atoms with Gasteiger partial charge in [-0.3, -0.25) is 4.79 Å². The maximum Gasteiger partial charge on any atom is 0.303 e. The average Bonchev–Trinajstić information content (AvgIpc) is 2.50. The molecule has 22 heavy (non-hydrogen) atoms. The normalized spacial score (nSPS) is 9.86. The Balaban J connectivity index is 3.35. The molecule has 0 aliphatic carbocycles. The summed E-state index contributed by atoms with van der Waals surface area (Å²) < 4.78 is 0. The molecule has 2 nitrogen and oxygen atoms in total. The summed E-state index contributed by atoms with van der Waals surface area (Å²) in [6.07, 6.45) is 16.3. The van der Waals surface area contributed by atoms with Crippen molar-refractivity contribution in [3.8, 4) is 23.7 Å². The number of allylic oxidation sites excluding steroid dienone is 2. The fourth-order valence-electron chi connectivity index (χ4n) is 1.90. The minimum atomic E-state index is -0.752. The van der Waals surface area contributed by atoms with Crippen LogP contribution >= 0.6 is 0 Å².